The van der Waals surface area contributed by atoms with Crippen molar-refractivity contribution in [3.05, 3.63) is 22.6 Å². The largest absolute Gasteiger partial charge is 0.458 e. The summed E-state index contributed by atoms with van der Waals surface area (Å²) in [6.07, 6.45) is 1.50. The van der Waals surface area contributed by atoms with Crippen LogP contribution >= 0.6 is 15.9 Å². The van der Waals surface area contributed by atoms with Crippen molar-refractivity contribution >= 4 is 21.8 Å². The Kier molecular flexibility index (Phi) is 4.84. The van der Waals surface area contributed by atoms with Crippen LogP contribution < -0.4 is 0 Å². The van der Waals surface area contributed by atoms with Gasteiger partial charge in [-0.05, 0) is 27.9 Å². The number of hydrogen-bond acceptors (Lipinski definition) is 4. The summed E-state index contributed by atoms with van der Waals surface area (Å²) in [5.41, 5.74) is 0. The summed E-state index contributed by atoms with van der Waals surface area (Å²) in [5, 5.41) is 9.22. The number of amides is 1. The highest BCUT2D eigenvalue weighted by Gasteiger charge is 2.29. The summed E-state index contributed by atoms with van der Waals surface area (Å²) >= 11 is 3.30. The summed E-state index contributed by atoms with van der Waals surface area (Å²) in [5.74, 6) is 0.542. The fourth-order valence-corrected chi connectivity index (χ4v) is 2.82. The first-order valence-corrected chi connectivity index (χ1v) is 7.49. The molecule has 5 nitrogen and oxygen atoms in total. The monoisotopic (exact) mass is 339 g/mol. The Morgan fingerprint density at radius 2 is 2.05 bits per heavy atom. The van der Waals surface area contributed by atoms with Crippen LogP contribution in [-0.2, 0) is 0 Å². The van der Waals surface area contributed by atoms with Crippen LogP contribution in [0.2, 0.25) is 0 Å². The van der Waals surface area contributed by atoms with Crippen molar-refractivity contribution in [2.45, 2.75) is 19.9 Å². The second kappa shape index (κ2) is 6.42. The lowest BCUT2D eigenvalue weighted by Crippen LogP contribution is -2.52. The van der Waals surface area contributed by atoms with Gasteiger partial charge in [-0.1, -0.05) is 13.8 Å². The van der Waals surface area contributed by atoms with E-state index in [0.717, 1.165) is 13.1 Å². The van der Waals surface area contributed by atoms with Crippen LogP contribution in [-0.4, -0.2) is 47.9 Å². The third-order valence-corrected chi connectivity index (χ3v) is 4.19. The molecule has 20 heavy (non-hydrogen) atoms. The molecule has 2 rings (SSSR count). The fourth-order valence-electron chi connectivity index (χ4n) is 2.45. The summed E-state index contributed by atoms with van der Waals surface area (Å²) in [6, 6.07) is 3.98. The number of halogens is 1. The molecule has 0 saturated carbocycles. The van der Waals surface area contributed by atoms with Gasteiger partial charge in [0.2, 0.25) is 5.76 Å². The second-order valence-corrected chi connectivity index (χ2v) is 6.10. The predicted octanol–water partition coefficient (Wildman–Crippen LogP) is 2.35. The van der Waals surface area contributed by atoms with Gasteiger partial charge in [0.05, 0.1) is 16.8 Å². The fraction of sp³-hybridized carbons (Fsp3) is 0.571. The number of carbonyl (C=O) groups is 1. The van der Waals surface area contributed by atoms with E-state index in [1.54, 1.807) is 11.0 Å². The van der Waals surface area contributed by atoms with Crippen molar-refractivity contribution in [1.29, 1.82) is 5.26 Å². The van der Waals surface area contributed by atoms with Gasteiger partial charge >= 0.3 is 0 Å². The Labute approximate surface area is 127 Å². The topological polar surface area (TPSA) is 60.5 Å². The first kappa shape index (κ1) is 15.1. The van der Waals surface area contributed by atoms with Gasteiger partial charge in [-0.3, -0.25) is 9.69 Å². The van der Waals surface area contributed by atoms with Crippen LogP contribution in [0.3, 0.4) is 0 Å². The number of nitriles is 1. The maximum Gasteiger partial charge on any atom is 0.290 e. The van der Waals surface area contributed by atoms with E-state index in [-0.39, 0.29) is 11.9 Å². The molecule has 108 valence electrons. The smallest absolute Gasteiger partial charge is 0.290 e. The zero-order valence-corrected chi connectivity index (χ0v) is 13.3. The van der Waals surface area contributed by atoms with Crippen molar-refractivity contribution in [3.63, 3.8) is 0 Å². The lowest BCUT2D eigenvalue weighted by atomic mass is 10.0. The van der Waals surface area contributed by atoms with E-state index in [9.17, 15) is 10.1 Å². The highest BCUT2D eigenvalue weighted by Crippen LogP contribution is 2.21. The van der Waals surface area contributed by atoms with Crippen LogP contribution in [0.5, 0.6) is 0 Å². The van der Waals surface area contributed by atoms with Crippen LogP contribution in [0.15, 0.2) is 21.2 Å². The normalized spacial score (nSPS) is 18.1. The van der Waals surface area contributed by atoms with Crippen LogP contribution in [0.25, 0.3) is 0 Å². The molecule has 1 aliphatic rings. The molecule has 1 aromatic rings. The van der Waals surface area contributed by atoms with Gasteiger partial charge in [0, 0.05) is 26.2 Å². The van der Waals surface area contributed by atoms with Gasteiger partial charge in [0.25, 0.3) is 5.91 Å². The Balaban J connectivity index is 1.97. The van der Waals surface area contributed by atoms with E-state index >= 15 is 0 Å². The van der Waals surface area contributed by atoms with E-state index in [4.69, 9.17) is 4.42 Å². The van der Waals surface area contributed by atoms with Crippen LogP contribution in [0, 0.1) is 17.2 Å². The third kappa shape index (κ3) is 3.05. The molecule has 0 aromatic carbocycles. The first-order chi connectivity index (χ1) is 9.54. The molecule has 1 atom stereocenters. The average Bonchev–Trinajstić information content (AvgIpc) is 2.85. The second-order valence-electron chi connectivity index (χ2n) is 5.24. The lowest BCUT2D eigenvalue weighted by molar-refractivity contribution is 0.0547. The van der Waals surface area contributed by atoms with E-state index in [1.807, 2.05) is 13.8 Å². The zero-order chi connectivity index (χ0) is 14.7. The summed E-state index contributed by atoms with van der Waals surface area (Å²) < 4.78 is 5.89. The molecule has 0 bridgehead atoms. The number of carbonyl (C=O) groups excluding carboxylic acids is 1. The number of rotatable bonds is 3. The van der Waals surface area contributed by atoms with Crippen molar-refractivity contribution < 1.29 is 9.21 Å². The number of hydrogen-bond donors (Lipinski definition) is 0. The van der Waals surface area contributed by atoms with Gasteiger partial charge < -0.3 is 9.32 Å². The summed E-state index contributed by atoms with van der Waals surface area (Å²) in [4.78, 5) is 16.2. The molecule has 1 aromatic heterocycles. The molecule has 1 fully saturated rings. The molecule has 0 spiro atoms. The van der Waals surface area contributed by atoms with E-state index in [1.165, 1.54) is 6.26 Å². The lowest BCUT2D eigenvalue weighted by Gasteiger charge is -2.37. The average molecular weight is 340 g/mol. The molecule has 2 heterocycles. The Hall–Kier alpha value is -1.32. The molecule has 1 aliphatic heterocycles. The van der Waals surface area contributed by atoms with E-state index in [2.05, 4.69) is 26.9 Å². The van der Waals surface area contributed by atoms with Gasteiger partial charge in [-0.25, -0.2) is 0 Å². The summed E-state index contributed by atoms with van der Waals surface area (Å²) in [6.45, 7) is 6.78. The highest BCUT2D eigenvalue weighted by molar-refractivity contribution is 9.10. The van der Waals surface area contributed by atoms with Crippen molar-refractivity contribution in [2.24, 2.45) is 5.92 Å². The molecular weight excluding hydrogens is 322 g/mol. The Bertz CT molecular complexity index is 513. The SMILES string of the molecule is CC(C)[C@H](C#N)N1CCN(C(=O)c2occc2Br)CC1. The predicted molar refractivity (Wildman–Crippen MR) is 78.1 cm³/mol. The summed E-state index contributed by atoms with van der Waals surface area (Å²) in [7, 11) is 0. The molecule has 1 amide bonds. The number of nitrogens with zero attached hydrogens (tertiary/aromatic N) is 3. The molecule has 0 N–H and O–H groups in total. The number of furan rings is 1. The van der Waals surface area contributed by atoms with Crippen LogP contribution in [0.1, 0.15) is 24.4 Å². The standard InChI is InChI=1S/C14H18BrN3O2/c1-10(2)12(9-16)17-4-6-18(7-5-17)14(19)13-11(15)3-8-20-13/h3,8,10,12H,4-7H2,1-2H3/t12-/m0/s1. The number of piperazine rings is 1. The van der Waals surface area contributed by atoms with Crippen molar-refractivity contribution in [3.8, 4) is 6.07 Å². The van der Waals surface area contributed by atoms with Crippen LogP contribution in [0.4, 0.5) is 0 Å². The molecule has 0 aliphatic carbocycles. The minimum atomic E-state index is -0.0976. The van der Waals surface area contributed by atoms with Gasteiger partial charge in [-0.2, -0.15) is 5.26 Å². The molecule has 0 radical (unpaired) electrons. The maximum atomic E-state index is 12.3. The van der Waals surface area contributed by atoms with Gasteiger partial charge in [0.15, 0.2) is 0 Å². The molecule has 1 saturated heterocycles. The maximum absolute atomic E-state index is 12.3. The van der Waals surface area contributed by atoms with E-state index in [0.29, 0.717) is 29.2 Å². The minimum absolute atomic E-state index is 0.0809. The van der Waals surface area contributed by atoms with Gasteiger partial charge in [0.1, 0.15) is 6.04 Å². The van der Waals surface area contributed by atoms with E-state index < -0.39 is 0 Å². The first-order valence-electron chi connectivity index (χ1n) is 6.70. The molecular formula is C14H18BrN3O2. The Morgan fingerprint density at radius 3 is 2.50 bits per heavy atom. The Morgan fingerprint density at radius 1 is 1.40 bits per heavy atom. The van der Waals surface area contributed by atoms with Crippen molar-refractivity contribution in [2.75, 3.05) is 26.2 Å². The quantitative estimate of drug-likeness (QED) is 0.847. The third-order valence-electron chi connectivity index (χ3n) is 3.57. The molecule has 0 unspecified atom stereocenters. The zero-order valence-electron chi connectivity index (χ0n) is 11.7. The van der Waals surface area contributed by atoms with Crippen molar-refractivity contribution in [1.82, 2.24) is 9.80 Å². The minimum Gasteiger partial charge on any atom is -0.458 e. The highest BCUT2D eigenvalue weighted by atomic mass is 79.9. The molecule has 6 heteroatoms. The van der Waals surface area contributed by atoms with Gasteiger partial charge in [-0.15, -0.1) is 0 Å².